The molecule has 0 radical (unpaired) electrons. The van der Waals surface area contributed by atoms with E-state index in [9.17, 15) is 0 Å². The van der Waals surface area contributed by atoms with E-state index in [1.807, 2.05) is 0 Å². The van der Waals surface area contributed by atoms with Gasteiger partial charge in [0.05, 0.1) is 4.74 Å². The van der Waals surface area contributed by atoms with Gasteiger partial charge in [0.1, 0.15) is 0 Å². The van der Waals surface area contributed by atoms with Crippen molar-refractivity contribution in [3.8, 4) is 0 Å². The second-order valence-electron chi connectivity index (χ2n) is 3.40. The number of alkyl halides is 2. The quantitative estimate of drug-likeness (QED) is 0.460. The van der Waals surface area contributed by atoms with Crippen LogP contribution in [0.15, 0.2) is 0 Å². The fourth-order valence-corrected chi connectivity index (χ4v) is 2.52. The van der Waals surface area contributed by atoms with Crippen LogP contribution < -0.4 is 0 Å². The van der Waals surface area contributed by atoms with Gasteiger partial charge in [-0.15, -0.1) is 23.2 Å². The minimum atomic E-state index is -0.222. The van der Waals surface area contributed by atoms with Crippen LogP contribution in [-0.4, -0.2) is 11.4 Å². The number of rotatable bonds is 3. The van der Waals surface area contributed by atoms with Crippen LogP contribution in [0.1, 0.15) is 27.7 Å². The van der Waals surface area contributed by atoms with Gasteiger partial charge in [-0.3, -0.25) is 0 Å². The third-order valence-corrected chi connectivity index (χ3v) is 2.41. The molecule has 0 fully saturated rings. The van der Waals surface area contributed by atoms with Gasteiger partial charge in [0.2, 0.25) is 0 Å². The zero-order valence-corrected chi connectivity index (χ0v) is 8.58. The second-order valence-corrected chi connectivity index (χ2v) is 4.56. The van der Waals surface area contributed by atoms with E-state index in [0.717, 1.165) is 0 Å². The van der Waals surface area contributed by atoms with Crippen molar-refractivity contribution in [3.63, 3.8) is 0 Å². The molecule has 0 heterocycles. The number of halogens is 2. The monoisotopic (exact) mass is 180 g/mol. The lowest BCUT2D eigenvalue weighted by Crippen LogP contribution is -2.28. The Hall–Kier alpha value is 0.645. The van der Waals surface area contributed by atoms with Crippen LogP contribution in [0.25, 0.3) is 0 Å². The van der Waals surface area contributed by atoms with Crippen molar-refractivity contribution in [1.29, 1.82) is 0 Å². The zero-order valence-electron chi connectivity index (χ0n) is 7.07. The Bertz CT molecular complexity index is 72.6. The van der Waals surface area contributed by atoms with Crippen LogP contribution in [0.3, 0.4) is 0 Å². The lowest BCUT2D eigenvalue weighted by atomic mass is 9.37. The molecule has 0 aromatic rings. The maximum absolute atomic E-state index is 5.80. The van der Waals surface area contributed by atoms with Crippen LogP contribution in [-0.2, 0) is 0 Å². The molecular formula is C7H15BCl2. The van der Waals surface area contributed by atoms with Gasteiger partial charge >= 0.3 is 0 Å². The number of hydrogen-bond donors (Lipinski definition) is 0. The molecule has 10 heavy (non-hydrogen) atoms. The van der Waals surface area contributed by atoms with Crippen LogP contribution in [0, 0.1) is 0 Å². The van der Waals surface area contributed by atoms with E-state index in [2.05, 4.69) is 27.7 Å². The SMILES string of the molecule is CC(C)B(C(C)C)C(Cl)Cl. The smallest absolute Gasteiger partial charge is 0.115 e. The minimum Gasteiger partial charge on any atom is -0.115 e. The first-order valence-electron chi connectivity index (χ1n) is 3.75. The van der Waals surface area contributed by atoms with E-state index >= 15 is 0 Å². The molecule has 0 amide bonds. The Morgan fingerprint density at radius 1 is 0.900 bits per heavy atom. The van der Waals surface area contributed by atoms with Gasteiger partial charge in [-0.2, -0.15) is 0 Å². The third kappa shape index (κ3) is 3.16. The summed E-state index contributed by atoms with van der Waals surface area (Å²) in [6.45, 7) is 9.04. The van der Waals surface area contributed by atoms with Crippen LogP contribution in [0.4, 0.5) is 0 Å². The molecule has 60 valence electrons. The van der Waals surface area contributed by atoms with Crippen molar-refractivity contribution < 1.29 is 0 Å². The molecule has 0 unspecified atom stereocenters. The van der Waals surface area contributed by atoms with E-state index in [1.165, 1.54) is 0 Å². The summed E-state index contributed by atoms with van der Waals surface area (Å²) in [4.78, 5) is 0. The van der Waals surface area contributed by atoms with E-state index < -0.39 is 0 Å². The van der Waals surface area contributed by atoms with E-state index in [4.69, 9.17) is 23.2 Å². The van der Waals surface area contributed by atoms with Gasteiger partial charge in [0, 0.05) is 0 Å². The molecule has 0 bridgehead atoms. The highest BCUT2D eigenvalue weighted by Crippen LogP contribution is 2.27. The first-order valence-corrected chi connectivity index (χ1v) is 4.62. The van der Waals surface area contributed by atoms with Crippen molar-refractivity contribution in [1.82, 2.24) is 0 Å². The third-order valence-electron chi connectivity index (χ3n) is 1.83. The van der Waals surface area contributed by atoms with Gasteiger partial charge in [-0.25, -0.2) is 0 Å². The number of hydrogen-bond acceptors (Lipinski definition) is 0. The highest BCUT2D eigenvalue weighted by molar-refractivity contribution is 6.81. The van der Waals surface area contributed by atoms with Gasteiger partial charge < -0.3 is 0 Å². The Kier molecular flexibility index (Phi) is 4.80. The van der Waals surface area contributed by atoms with Gasteiger partial charge in [-0.1, -0.05) is 39.3 Å². The molecule has 0 spiro atoms. The predicted octanol–water partition coefficient (Wildman–Crippen LogP) is 3.64. The van der Waals surface area contributed by atoms with Crippen molar-refractivity contribution in [2.24, 2.45) is 0 Å². The predicted molar refractivity (Wildman–Crippen MR) is 51.4 cm³/mol. The average Bonchev–Trinajstić information content (AvgIpc) is 1.59. The molecule has 0 aliphatic rings. The lowest BCUT2D eigenvalue weighted by Gasteiger charge is -2.21. The summed E-state index contributed by atoms with van der Waals surface area (Å²) in [5, 5.41) is 0. The average molecular weight is 181 g/mol. The normalized spacial score (nSPS) is 11.7. The molecule has 0 aromatic heterocycles. The lowest BCUT2D eigenvalue weighted by molar-refractivity contribution is 0.933. The van der Waals surface area contributed by atoms with Crippen LogP contribution in [0.5, 0.6) is 0 Å². The molecule has 0 nitrogen and oxygen atoms in total. The summed E-state index contributed by atoms with van der Waals surface area (Å²) in [5.41, 5.74) is 0. The molecule has 0 aliphatic carbocycles. The fourth-order valence-electron chi connectivity index (χ4n) is 1.35. The Balaban J connectivity index is 3.98. The molecule has 0 atom stereocenters. The van der Waals surface area contributed by atoms with Gasteiger partial charge in [0.25, 0.3) is 0 Å². The summed E-state index contributed by atoms with van der Waals surface area (Å²) in [6.07, 6.45) is 0. The minimum absolute atomic E-state index is 0.222. The topological polar surface area (TPSA) is 0 Å². The Labute approximate surface area is 74.4 Å². The molecule has 3 heteroatoms. The van der Waals surface area contributed by atoms with Crippen molar-refractivity contribution in [2.75, 3.05) is 0 Å². The van der Waals surface area contributed by atoms with Gasteiger partial charge in [0.15, 0.2) is 6.71 Å². The summed E-state index contributed by atoms with van der Waals surface area (Å²) in [7, 11) is 0. The molecule has 0 aromatic carbocycles. The summed E-state index contributed by atoms with van der Waals surface area (Å²) < 4.78 is -0.222. The summed E-state index contributed by atoms with van der Waals surface area (Å²) in [6, 6.07) is 0. The highest BCUT2D eigenvalue weighted by atomic mass is 35.5. The van der Waals surface area contributed by atoms with Crippen LogP contribution in [0.2, 0.25) is 11.6 Å². The molecule has 0 saturated heterocycles. The molecule has 0 aliphatic heterocycles. The molecular weight excluding hydrogens is 166 g/mol. The fraction of sp³-hybridized carbons (Fsp3) is 1.00. The van der Waals surface area contributed by atoms with E-state index in [0.29, 0.717) is 18.3 Å². The van der Waals surface area contributed by atoms with E-state index in [1.54, 1.807) is 0 Å². The van der Waals surface area contributed by atoms with Crippen LogP contribution >= 0.6 is 23.2 Å². The first kappa shape index (κ1) is 10.6. The second kappa shape index (κ2) is 4.51. The van der Waals surface area contributed by atoms with Gasteiger partial charge in [-0.05, 0) is 0 Å². The maximum atomic E-state index is 5.80. The summed E-state index contributed by atoms with van der Waals surface area (Å²) in [5.74, 6) is 1.14. The summed E-state index contributed by atoms with van der Waals surface area (Å²) >= 11 is 11.6. The largest absolute Gasteiger partial charge is 0.186 e. The highest BCUT2D eigenvalue weighted by Gasteiger charge is 2.28. The molecule has 0 rings (SSSR count). The van der Waals surface area contributed by atoms with E-state index in [-0.39, 0.29) is 4.74 Å². The van der Waals surface area contributed by atoms with Crippen molar-refractivity contribution in [2.45, 2.75) is 44.1 Å². The molecule has 0 N–H and O–H groups in total. The Morgan fingerprint density at radius 3 is 1.20 bits per heavy atom. The standard InChI is InChI=1S/C7H15BCl2/c1-5(2)8(6(3)4)7(9)10/h5-7H,1-4H3. The first-order chi connectivity index (χ1) is 4.46. The Morgan fingerprint density at radius 2 is 1.20 bits per heavy atom. The zero-order chi connectivity index (χ0) is 8.31. The molecule has 0 saturated carbocycles. The van der Waals surface area contributed by atoms with Crippen molar-refractivity contribution >= 4 is 29.9 Å². The van der Waals surface area contributed by atoms with Crippen molar-refractivity contribution in [3.05, 3.63) is 0 Å². The maximum Gasteiger partial charge on any atom is 0.186 e.